The maximum atomic E-state index is 11.4. The van der Waals surface area contributed by atoms with Crippen molar-refractivity contribution in [3.63, 3.8) is 0 Å². The van der Waals surface area contributed by atoms with E-state index in [-0.39, 0.29) is 6.10 Å². The zero-order valence-corrected chi connectivity index (χ0v) is 12.2. The van der Waals surface area contributed by atoms with Gasteiger partial charge in [0.05, 0.1) is 12.4 Å². The van der Waals surface area contributed by atoms with Crippen molar-refractivity contribution in [3.05, 3.63) is 0 Å². The maximum absolute atomic E-state index is 11.4. The van der Waals surface area contributed by atoms with E-state index in [9.17, 15) is 13.5 Å². The van der Waals surface area contributed by atoms with Gasteiger partial charge in [-0.3, -0.25) is 0 Å². The summed E-state index contributed by atoms with van der Waals surface area (Å²) in [5.41, 5.74) is 0. The van der Waals surface area contributed by atoms with Gasteiger partial charge in [0, 0.05) is 19.1 Å². The maximum Gasteiger partial charge on any atom is 0.211 e. The highest BCUT2D eigenvalue weighted by atomic mass is 32.2. The quantitative estimate of drug-likeness (QED) is 0.667. The molecule has 1 fully saturated rings. The molecule has 0 aromatic rings. The Labute approximate surface area is 111 Å². The van der Waals surface area contributed by atoms with Crippen LogP contribution >= 0.6 is 0 Å². The number of aliphatic hydroxyl groups is 1. The van der Waals surface area contributed by atoms with Gasteiger partial charge >= 0.3 is 0 Å². The van der Waals surface area contributed by atoms with E-state index in [0.29, 0.717) is 19.1 Å². The van der Waals surface area contributed by atoms with Crippen molar-refractivity contribution >= 4 is 10.0 Å². The second-order valence-corrected chi connectivity index (χ2v) is 7.05. The molecule has 0 unspecified atom stereocenters. The first-order chi connectivity index (χ1) is 8.43. The van der Waals surface area contributed by atoms with Crippen LogP contribution in [0.4, 0.5) is 0 Å². The van der Waals surface area contributed by atoms with Crippen LogP contribution in [0.3, 0.4) is 0 Å². The van der Waals surface area contributed by atoms with Crippen LogP contribution in [0.2, 0.25) is 0 Å². The molecule has 1 rings (SSSR count). The first kappa shape index (κ1) is 15.9. The molecule has 0 aromatic carbocycles. The molecule has 5 nitrogen and oxygen atoms in total. The molecule has 1 aliphatic rings. The van der Waals surface area contributed by atoms with Crippen LogP contribution in [0.15, 0.2) is 0 Å². The highest BCUT2D eigenvalue weighted by Gasteiger charge is 2.19. The Morgan fingerprint density at radius 2 is 1.89 bits per heavy atom. The van der Waals surface area contributed by atoms with E-state index in [1.807, 2.05) is 6.92 Å². The Morgan fingerprint density at radius 1 is 1.28 bits per heavy atom. The Hall–Kier alpha value is -0.170. The molecule has 6 heteroatoms. The van der Waals surface area contributed by atoms with E-state index in [1.165, 1.54) is 10.6 Å². The van der Waals surface area contributed by atoms with Crippen LogP contribution < -0.4 is 5.32 Å². The van der Waals surface area contributed by atoms with Crippen LogP contribution in [-0.4, -0.2) is 55.9 Å². The fraction of sp³-hybridized carbons (Fsp3) is 1.00. The second-order valence-electron chi connectivity index (χ2n) is 5.07. The van der Waals surface area contributed by atoms with Crippen molar-refractivity contribution < 1.29 is 13.5 Å². The van der Waals surface area contributed by atoms with E-state index < -0.39 is 10.0 Å². The lowest BCUT2D eigenvalue weighted by Crippen LogP contribution is -2.37. The number of hydrogen-bond acceptors (Lipinski definition) is 4. The predicted octanol–water partition coefficient (Wildman–Crippen LogP) is 0.551. The third-order valence-corrected chi connectivity index (χ3v) is 4.91. The first-order valence-electron chi connectivity index (χ1n) is 6.80. The molecule has 0 spiro atoms. The Kier molecular flexibility index (Phi) is 6.55. The topological polar surface area (TPSA) is 69.6 Å². The molecule has 2 N–H and O–H groups in total. The fourth-order valence-corrected chi connectivity index (χ4v) is 3.33. The van der Waals surface area contributed by atoms with Crippen LogP contribution in [0, 0.1) is 0 Å². The number of sulfonamides is 1. The monoisotopic (exact) mass is 278 g/mol. The standard InChI is InChI=1S/C12H26N2O3S/c1-3-14(18(2,16)17)10-4-9-13-11-5-7-12(15)8-6-11/h11-13,15H,3-10H2,1-2H3. The molecule has 0 radical (unpaired) electrons. The number of nitrogens with zero attached hydrogens (tertiary/aromatic N) is 1. The third kappa shape index (κ3) is 5.65. The Bertz CT molecular complexity index is 324. The van der Waals surface area contributed by atoms with Gasteiger partial charge < -0.3 is 10.4 Å². The van der Waals surface area contributed by atoms with Gasteiger partial charge in [-0.2, -0.15) is 0 Å². The molecular formula is C12H26N2O3S. The molecule has 1 saturated carbocycles. The zero-order chi connectivity index (χ0) is 13.6. The van der Waals surface area contributed by atoms with E-state index in [4.69, 9.17) is 0 Å². The number of rotatable bonds is 7. The van der Waals surface area contributed by atoms with Crippen molar-refractivity contribution in [1.29, 1.82) is 0 Å². The summed E-state index contributed by atoms with van der Waals surface area (Å²) < 4.78 is 24.2. The van der Waals surface area contributed by atoms with E-state index in [2.05, 4.69) is 5.32 Å². The molecule has 0 heterocycles. The van der Waals surface area contributed by atoms with Gasteiger partial charge in [-0.1, -0.05) is 6.92 Å². The summed E-state index contributed by atoms with van der Waals surface area (Å²) in [6.07, 6.45) is 5.76. The van der Waals surface area contributed by atoms with E-state index >= 15 is 0 Å². The van der Waals surface area contributed by atoms with Crippen LogP contribution in [-0.2, 0) is 10.0 Å². The van der Waals surface area contributed by atoms with Gasteiger partial charge in [0.15, 0.2) is 0 Å². The SMILES string of the molecule is CCN(CCCNC1CCC(O)CC1)S(C)(=O)=O. The molecule has 1 aliphatic carbocycles. The minimum absolute atomic E-state index is 0.121. The summed E-state index contributed by atoms with van der Waals surface area (Å²) >= 11 is 0. The lowest BCUT2D eigenvalue weighted by Gasteiger charge is -2.26. The minimum atomic E-state index is -3.06. The van der Waals surface area contributed by atoms with E-state index in [1.54, 1.807) is 0 Å². The van der Waals surface area contributed by atoms with Crippen molar-refractivity contribution in [3.8, 4) is 0 Å². The molecule has 0 aliphatic heterocycles. The largest absolute Gasteiger partial charge is 0.393 e. The lowest BCUT2D eigenvalue weighted by atomic mass is 9.93. The summed E-state index contributed by atoms with van der Waals surface area (Å²) in [4.78, 5) is 0. The van der Waals surface area contributed by atoms with Crippen LogP contribution in [0.25, 0.3) is 0 Å². The summed E-state index contributed by atoms with van der Waals surface area (Å²) in [7, 11) is -3.06. The van der Waals surface area contributed by atoms with Gasteiger partial charge in [0.25, 0.3) is 0 Å². The normalized spacial score (nSPS) is 25.6. The van der Waals surface area contributed by atoms with Crippen molar-refractivity contribution in [2.24, 2.45) is 0 Å². The Balaban J connectivity index is 2.15. The van der Waals surface area contributed by atoms with Crippen LogP contribution in [0.1, 0.15) is 39.0 Å². The van der Waals surface area contributed by atoms with E-state index in [0.717, 1.165) is 38.6 Å². The summed E-state index contributed by atoms with van der Waals surface area (Å²) in [6, 6.07) is 0.488. The average Bonchev–Trinajstić information content (AvgIpc) is 2.30. The Morgan fingerprint density at radius 3 is 2.39 bits per heavy atom. The zero-order valence-electron chi connectivity index (χ0n) is 11.4. The van der Waals surface area contributed by atoms with Gasteiger partial charge in [0.2, 0.25) is 10.0 Å². The average molecular weight is 278 g/mol. The third-order valence-electron chi connectivity index (χ3n) is 3.54. The van der Waals surface area contributed by atoms with Gasteiger partial charge in [-0.25, -0.2) is 12.7 Å². The summed E-state index contributed by atoms with van der Waals surface area (Å²) in [6.45, 7) is 3.82. The predicted molar refractivity (Wildman–Crippen MR) is 73.0 cm³/mol. The lowest BCUT2D eigenvalue weighted by molar-refractivity contribution is 0.116. The molecular weight excluding hydrogens is 252 g/mol. The fourth-order valence-electron chi connectivity index (χ4n) is 2.40. The summed E-state index contributed by atoms with van der Waals surface area (Å²) in [5, 5.41) is 12.8. The highest BCUT2D eigenvalue weighted by Crippen LogP contribution is 2.18. The molecule has 18 heavy (non-hydrogen) atoms. The number of hydrogen-bond donors (Lipinski definition) is 2. The molecule has 0 aromatic heterocycles. The molecule has 108 valence electrons. The summed E-state index contributed by atoms with van der Waals surface area (Å²) in [5.74, 6) is 0. The highest BCUT2D eigenvalue weighted by molar-refractivity contribution is 7.88. The smallest absolute Gasteiger partial charge is 0.211 e. The van der Waals surface area contributed by atoms with Crippen molar-refractivity contribution in [2.75, 3.05) is 25.9 Å². The second kappa shape index (κ2) is 7.43. The molecule has 0 atom stereocenters. The van der Waals surface area contributed by atoms with Crippen molar-refractivity contribution in [2.45, 2.75) is 51.2 Å². The molecule has 0 saturated heterocycles. The number of nitrogens with one attached hydrogen (secondary N) is 1. The van der Waals surface area contributed by atoms with Gasteiger partial charge in [-0.15, -0.1) is 0 Å². The first-order valence-corrected chi connectivity index (χ1v) is 8.65. The molecule has 0 bridgehead atoms. The van der Waals surface area contributed by atoms with Gasteiger partial charge in [0.1, 0.15) is 0 Å². The number of aliphatic hydroxyl groups excluding tert-OH is 1. The van der Waals surface area contributed by atoms with Crippen molar-refractivity contribution in [1.82, 2.24) is 9.62 Å². The molecule has 0 amide bonds. The van der Waals surface area contributed by atoms with Crippen LogP contribution in [0.5, 0.6) is 0 Å². The van der Waals surface area contributed by atoms with Gasteiger partial charge in [-0.05, 0) is 38.6 Å². The minimum Gasteiger partial charge on any atom is -0.393 e.